The average molecular weight is 331 g/mol. The second-order valence-corrected chi connectivity index (χ2v) is 5.62. The van der Waals surface area contributed by atoms with Gasteiger partial charge in [-0.15, -0.1) is 0 Å². The standard InChI is InChI=1S/C18H19ClN2O2/c1-13(2)12-23-17-9-7-15(8-10-17)20-11-18(22)21-16-5-3-14(19)4-6-16/h3-10,20H,1,11-12H2,2H3,(H,21,22). The van der Waals surface area contributed by atoms with Gasteiger partial charge in [-0.3, -0.25) is 4.79 Å². The highest BCUT2D eigenvalue weighted by Crippen LogP contribution is 2.16. The van der Waals surface area contributed by atoms with Crippen LogP contribution < -0.4 is 15.4 Å². The number of anilines is 2. The summed E-state index contributed by atoms with van der Waals surface area (Å²) in [5.74, 6) is 0.638. The largest absolute Gasteiger partial charge is 0.489 e. The zero-order valence-corrected chi connectivity index (χ0v) is 13.7. The van der Waals surface area contributed by atoms with Gasteiger partial charge in [0.1, 0.15) is 12.4 Å². The van der Waals surface area contributed by atoms with Gasteiger partial charge in [0, 0.05) is 16.4 Å². The third-order valence-corrected chi connectivity index (χ3v) is 3.17. The lowest BCUT2D eigenvalue weighted by molar-refractivity contribution is -0.114. The van der Waals surface area contributed by atoms with Crippen molar-refractivity contribution < 1.29 is 9.53 Å². The molecule has 0 unspecified atom stereocenters. The minimum atomic E-state index is -0.130. The smallest absolute Gasteiger partial charge is 0.243 e. The highest BCUT2D eigenvalue weighted by atomic mass is 35.5. The van der Waals surface area contributed by atoms with Gasteiger partial charge in [0.05, 0.1) is 6.54 Å². The Hall–Kier alpha value is -2.46. The van der Waals surface area contributed by atoms with Crippen LogP contribution in [0.4, 0.5) is 11.4 Å². The molecule has 0 fully saturated rings. The van der Waals surface area contributed by atoms with Crippen LogP contribution >= 0.6 is 11.6 Å². The molecule has 0 bridgehead atoms. The molecule has 1 amide bonds. The van der Waals surface area contributed by atoms with E-state index in [4.69, 9.17) is 16.3 Å². The van der Waals surface area contributed by atoms with Crippen molar-refractivity contribution >= 4 is 28.9 Å². The van der Waals surface area contributed by atoms with Gasteiger partial charge in [0.25, 0.3) is 0 Å². The summed E-state index contributed by atoms with van der Waals surface area (Å²) in [5.41, 5.74) is 2.52. The molecule has 0 atom stereocenters. The molecular weight excluding hydrogens is 312 g/mol. The highest BCUT2D eigenvalue weighted by molar-refractivity contribution is 6.30. The number of benzene rings is 2. The van der Waals surface area contributed by atoms with Gasteiger partial charge in [-0.05, 0) is 61.0 Å². The molecule has 0 saturated carbocycles. The third-order valence-electron chi connectivity index (χ3n) is 2.92. The summed E-state index contributed by atoms with van der Waals surface area (Å²) in [6.07, 6.45) is 0. The van der Waals surface area contributed by atoms with Crippen molar-refractivity contribution in [3.8, 4) is 5.75 Å². The molecule has 0 aliphatic carbocycles. The number of ether oxygens (including phenoxy) is 1. The fourth-order valence-corrected chi connectivity index (χ4v) is 1.92. The van der Waals surface area contributed by atoms with Gasteiger partial charge in [-0.25, -0.2) is 0 Å². The normalized spacial score (nSPS) is 10.0. The van der Waals surface area contributed by atoms with Gasteiger partial charge in [0.15, 0.2) is 0 Å². The Labute approximate surface area is 141 Å². The van der Waals surface area contributed by atoms with Crippen LogP contribution in [0.5, 0.6) is 5.75 Å². The molecule has 2 N–H and O–H groups in total. The van der Waals surface area contributed by atoms with Crippen LogP contribution in [-0.2, 0) is 4.79 Å². The lowest BCUT2D eigenvalue weighted by Gasteiger charge is -2.09. The van der Waals surface area contributed by atoms with E-state index in [2.05, 4.69) is 17.2 Å². The number of halogens is 1. The number of amides is 1. The van der Waals surface area contributed by atoms with Crippen LogP contribution in [0.3, 0.4) is 0 Å². The minimum absolute atomic E-state index is 0.130. The number of hydrogen-bond acceptors (Lipinski definition) is 3. The van der Waals surface area contributed by atoms with Gasteiger partial charge >= 0.3 is 0 Å². The SMILES string of the molecule is C=C(C)COc1ccc(NCC(=O)Nc2ccc(Cl)cc2)cc1. The van der Waals surface area contributed by atoms with E-state index in [1.54, 1.807) is 24.3 Å². The van der Waals surface area contributed by atoms with Crippen molar-refractivity contribution in [1.82, 2.24) is 0 Å². The van der Waals surface area contributed by atoms with E-state index in [1.165, 1.54) is 0 Å². The number of rotatable bonds is 7. The maximum Gasteiger partial charge on any atom is 0.243 e. The number of hydrogen-bond donors (Lipinski definition) is 2. The molecule has 2 aromatic rings. The topological polar surface area (TPSA) is 50.4 Å². The van der Waals surface area contributed by atoms with Crippen LogP contribution in [0.1, 0.15) is 6.92 Å². The van der Waals surface area contributed by atoms with Crippen molar-refractivity contribution in [3.05, 3.63) is 65.7 Å². The van der Waals surface area contributed by atoms with Crippen molar-refractivity contribution in [3.63, 3.8) is 0 Å². The van der Waals surface area contributed by atoms with E-state index in [0.29, 0.717) is 17.3 Å². The van der Waals surface area contributed by atoms with E-state index in [0.717, 1.165) is 17.0 Å². The van der Waals surface area contributed by atoms with Crippen molar-refractivity contribution in [2.45, 2.75) is 6.92 Å². The molecule has 0 spiro atoms. The van der Waals surface area contributed by atoms with Gasteiger partial charge in [-0.2, -0.15) is 0 Å². The first-order valence-corrected chi connectivity index (χ1v) is 7.57. The number of carbonyl (C=O) groups excluding carboxylic acids is 1. The fraction of sp³-hybridized carbons (Fsp3) is 0.167. The Bertz CT molecular complexity index is 666. The Morgan fingerprint density at radius 1 is 1.09 bits per heavy atom. The minimum Gasteiger partial charge on any atom is -0.489 e. The molecule has 4 nitrogen and oxygen atoms in total. The zero-order chi connectivity index (χ0) is 16.7. The predicted molar refractivity (Wildman–Crippen MR) is 95.3 cm³/mol. The second-order valence-electron chi connectivity index (χ2n) is 5.18. The Morgan fingerprint density at radius 3 is 2.30 bits per heavy atom. The zero-order valence-electron chi connectivity index (χ0n) is 12.9. The van der Waals surface area contributed by atoms with E-state index in [-0.39, 0.29) is 12.5 Å². The summed E-state index contributed by atoms with van der Waals surface area (Å²) >= 11 is 5.80. The second kappa shape index (κ2) is 8.25. The van der Waals surface area contributed by atoms with Gasteiger partial charge < -0.3 is 15.4 Å². The molecule has 0 aromatic heterocycles. The molecule has 0 aliphatic rings. The molecule has 0 heterocycles. The fourth-order valence-electron chi connectivity index (χ4n) is 1.80. The molecule has 2 aromatic carbocycles. The van der Waals surface area contributed by atoms with Gasteiger partial charge in [0.2, 0.25) is 5.91 Å². The summed E-state index contributed by atoms with van der Waals surface area (Å²) in [5, 5.41) is 6.48. The Kier molecular flexibility index (Phi) is 6.06. The number of nitrogens with one attached hydrogen (secondary N) is 2. The summed E-state index contributed by atoms with van der Waals surface area (Å²) in [6, 6.07) is 14.4. The Morgan fingerprint density at radius 2 is 1.70 bits per heavy atom. The molecular formula is C18H19ClN2O2. The van der Waals surface area contributed by atoms with Crippen LogP contribution in [0.2, 0.25) is 5.02 Å². The molecule has 2 rings (SSSR count). The molecule has 23 heavy (non-hydrogen) atoms. The van der Waals surface area contributed by atoms with E-state index in [1.807, 2.05) is 31.2 Å². The van der Waals surface area contributed by atoms with E-state index in [9.17, 15) is 4.79 Å². The maximum absolute atomic E-state index is 11.9. The van der Waals surface area contributed by atoms with Crippen molar-refractivity contribution in [2.75, 3.05) is 23.8 Å². The first kappa shape index (κ1) is 16.9. The predicted octanol–water partition coefficient (Wildman–Crippen LogP) is 4.35. The maximum atomic E-state index is 11.9. The van der Waals surface area contributed by atoms with Crippen LogP contribution in [0.15, 0.2) is 60.7 Å². The molecule has 0 aliphatic heterocycles. The first-order chi connectivity index (χ1) is 11.0. The van der Waals surface area contributed by atoms with Crippen LogP contribution in [0.25, 0.3) is 0 Å². The summed E-state index contributed by atoms with van der Waals surface area (Å²) in [4.78, 5) is 11.9. The highest BCUT2D eigenvalue weighted by Gasteiger charge is 2.03. The lowest BCUT2D eigenvalue weighted by atomic mass is 10.3. The number of carbonyl (C=O) groups is 1. The molecule has 0 saturated heterocycles. The van der Waals surface area contributed by atoms with Gasteiger partial charge in [-0.1, -0.05) is 18.2 Å². The monoisotopic (exact) mass is 330 g/mol. The first-order valence-electron chi connectivity index (χ1n) is 7.19. The van der Waals surface area contributed by atoms with Crippen molar-refractivity contribution in [2.24, 2.45) is 0 Å². The third kappa shape index (κ3) is 6.04. The average Bonchev–Trinajstić information content (AvgIpc) is 2.54. The lowest BCUT2D eigenvalue weighted by Crippen LogP contribution is -2.21. The van der Waals surface area contributed by atoms with Crippen LogP contribution in [0, 0.1) is 0 Å². The molecule has 120 valence electrons. The van der Waals surface area contributed by atoms with E-state index >= 15 is 0 Å². The Balaban J connectivity index is 1.79. The molecule has 5 heteroatoms. The van der Waals surface area contributed by atoms with Crippen LogP contribution in [-0.4, -0.2) is 19.1 Å². The summed E-state index contributed by atoms with van der Waals surface area (Å²) in [7, 11) is 0. The summed E-state index contributed by atoms with van der Waals surface area (Å²) in [6.45, 7) is 6.37. The van der Waals surface area contributed by atoms with Crippen molar-refractivity contribution in [1.29, 1.82) is 0 Å². The van der Waals surface area contributed by atoms with E-state index < -0.39 is 0 Å². The molecule has 0 radical (unpaired) electrons. The summed E-state index contributed by atoms with van der Waals surface area (Å²) < 4.78 is 5.52. The quantitative estimate of drug-likeness (QED) is 0.742.